The predicted octanol–water partition coefficient (Wildman–Crippen LogP) is 4.66. The molecule has 4 heteroatoms. The topological polar surface area (TPSA) is 38.3 Å². The summed E-state index contributed by atoms with van der Waals surface area (Å²) >= 11 is 1.89. The maximum absolute atomic E-state index is 12.0. The first kappa shape index (κ1) is 18.9. The average molecular weight is 324 g/mol. The van der Waals surface area contributed by atoms with E-state index in [4.69, 9.17) is 4.74 Å². The van der Waals surface area contributed by atoms with Crippen LogP contribution in [0, 0.1) is 0 Å². The van der Waals surface area contributed by atoms with Crippen molar-refractivity contribution in [2.75, 3.05) is 11.5 Å². The van der Waals surface area contributed by atoms with Gasteiger partial charge in [-0.05, 0) is 44.9 Å². The second-order valence-corrected chi connectivity index (χ2v) is 7.61. The molecule has 0 unspecified atom stereocenters. The number of hydrogen-bond acceptors (Lipinski definition) is 3. The van der Waals surface area contributed by atoms with E-state index < -0.39 is 5.60 Å². The third-order valence-electron chi connectivity index (χ3n) is 3.01. The number of hydrogen-bond donors (Lipinski definition) is 1. The summed E-state index contributed by atoms with van der Waals surface area (Å²) in [6.45, 7) is 7.85. The highest BCUT2D eigenvalue weighted by Crippen LogP contribution is 2.13. The molecule has 124 valence electrons. The van der Waals surface area contributed by atoms with Gasteiger partial charge in [0.2, 0.25) is 0 Å². The number of ether oxygens (including phenoxy) is 1. The average Bonchev–Trinajstić information content (AvgIpc) is 2.42. The quantitative estimate of drug-likeness (QED) is 0.707. The van der Waals surface area contributed by atoms with Gasteiger partial charge in [0.25, 0.3) is 0 Å². The van der Waals surface area contributed by atoms with Crippen LogP contribution < -0.4 is 5.32 Å². The fourth-order valence-electron chi connectivity index (χ4n) is 2.00. The summed E-state index contributed by atoms with van der Waals surface area (Å²) in [5.41, 5.74) is 0.774. The smallest absolute Gasteiger partial charge is 0.407 e. The molecule has 1 aromatic rings. The zero-order chi connectivity index (χ0) is 16.4. The van der Waals surface area contributed by atoms with Crippen LogP contribution in [0.3, 0.4) is 0 Å². The highest BCUT2D eigenvalue weighted by molar-refractivity contribution is 7.99. The predicted molar refractivity (Wildman–Crippen MR) is 95.5 cm³/mol. The Hall–Kier alpha value is -1.16. The molecular formula is C18H29NO2S. The Morgan fingerprint density at radius 2 is 1.95 bits per heavy atom. The number of benzene rings is 1. The maximum Gasteiger partial charge on any atom is 0.407 e. The summed E-state index contributed by atoms with van der Waals surface area (Å²) in [5.74, 6) is 2.05. The summed E-state index contributed by atoms with van der Waals surface area (Å²) in [6.07, 6.45) is 2.93. The first-order valence-electron chi connectivity index (χ1n) is 8.02. The molecular weight excluding hydrogens is 294 g/mol. The van der Waals surface area contributed by atoms with Crippen molar-refractivity contribution in [1.29, 1.82) is 0 Å². The van der Waals surface area contributed by atoms with Crippen LogP contribution in [0.1, 0.15) is 46.1 Å². The van der Waals surface area contributed by atoms with Crippen LogP contribution in [0.4, 0.5) is 4.79 Å². The molecule has 1 amide bonds. The van der Waals surface area contributed by atoms with E-state index in [0.717, 1.165) is 17.9 Å². The molecule has 0 radical (unpaired) electrons. The van der Waals surface area contributed by atoms with Crippen molar-refractivity contribution in [3.63, 3.8) is 0 Å². The standard InChI is InChI=1S/C18H29NO2S/c1-5-6-12-22-14-16(13-15-10-8-7-9-11-15)19-17(20)21-18(2,3)4/h7-11,16H,5-6,12-14H2,1-4H3,(H,19,20)/t16-/m0/s1. The number of rotatable bonds is 8. The Bertz CT molecular complexity index is 428. The lowest BCUT2D eigenvalue weighted by molar-refractivity contribution is 0.0509. The molecule has 0 heterocycles. The SMILES string of the molecule is CCCCSC[C@H](Cc1ccccc1)NC(=O)OC(C)(C)C. The third kappa shape index (κ3) is 8.98. The number of carbonyl (C=O) groups is 1. The zero-order valence-corrected chi connectivity index (χ0v) is 15.0. The minimum Gasteiger partial charge on any atom is -0.444 e. The Kier molecular flexibility index (Phi) is 8.39. The van der Waals surface area contributed by atoms with Crippen molar-refractivity contribution in [1.82, 2.24) is 5.32 Å². The fraction of sp³-hybridized carbons (Fsp3) is 0.611. The molecule has 22 heavy (non-hydrogen) atoms. The molecule has 0 saturated carbocycles. The Balaban J connectivity index is 2.55. The fourth-order valence-corrected chi connectivity index (χ4v) is 3.14. The monoisotopic (exact) mass is 323 g/mol. The van der Waals surface area contributed by atoms with Crippen LogP contribution >= 0.6 is 11.8 Å². The van der Waals surface area contributed by atoms with Gasteiger partial charge in [0.05, 0.1) is 0 Å². The van der Waals surface area contributed by atoms with E-state index in [1.54, 1.807) is 0 Å². The molecule has 3 nitrogen and oxygen atoms in total. The van der Waals surface area contributed by atoms with Gasteiger partial charge in [0.1, 0.15) is 5.60 Å². The number of alkyl carbamates (subject to hydrolysis) is 1. The van der Waals surface area contributed by atoms with Crippen molar-refractivity contribution >= 4 is 17.9 Å². The molecule has 0 aromatic heterocycles. The second kappa shape index (κ2) is 9.78. The molecule has 0 saturated heterocycles. The van der Waals surface area contributed by atoms with Crippen molar-refractivity contribution in [2.45, 2.75) is 58.6 Å². The molecule has 0 aliphatic carbocycles. The molecule has 1 aromatic carbocycles. The van der Waals surface area contributed by atoms with E-state index in [0.29, 0.717) is 0 Å². The molecule has 0 aliphatic rings. The van der Waals surface area contributed by atoms with Crippen molar-refractivity contribution in [3.05, 3.63) is 35.9 Å². The normalized spacial score (nSPS) is 12.7. The van der Waals surface area contributed by atoms with Gasteiger partial charge >= 0.3 is 6.09 Å². The first-order chi connectivity index (χ1) is 10.4. The lowest BCUT2D eigenvalue weighted by atomic mass is 10.1. The Labute approximate surface area is 139 Å². The molecule has 0 spiro atoms. The number of nitrogens with one attached hydrogen (secondary N) is 1. The summed E-state index contributed by atoms with van der Waals surface area (Å²) < 4.78 is 5.37. The lowest BCUT2D eigenvalue weighted by Crippen LogP contribution is -2.41. The summed E-state index contributed by atoms with van der Waals surface area (Å²) in [5, 5.41) is 3.02. The second-order valence-electron chi connectivity index (χ2n) is 6.46. The molecule has 0 bridgehead atoms. The van der Waals surface area contributed by atoms with Gasteiger partial charge in [-0.2, -0.15) is 11.8 Å². The number of unbranched alkanes of at least 4 members (excludes halogenated alkanes) is 1. The molecule has 1 rings (SSSR count). The molecule has 0 aliphatic heterocycles. The van der Waals surface area contributed by atoms with E-state index in [1.807, 2.05) is 50.7 Å². The number of carbonyl (C=O) groups excluding carboxylic acids is 1. The lowest BCUT2D eigenvalue weighted by Gasteiger charge is -2.23. The van der Waals surface area contributed by atoms with E-state index in [2.05, 4.69) is 24.4 Å². The first-order valence-corrected chi connectivity index (χ1v) is 9.17. The van der Waals surface area contributed by atoms with Gasteiger partial charge in [0, 0.05) is 11.8 Å². The Morgan fingerprint density at radius 1 is 1.27 bits per heavy atom. The number of thioether (sulfide) groups is 1. The highest BCUT2D eigenvalue weighted by Gasteiger charge is 2.19. The van der Waals surface area contributed by atoms with Crippen molar-refractivity contribution in [3.8, 4) is 0 Å². The molecule has 1 N–H and O–H groups in total. The van der Waals surface area contributed by atoms with E-state index >= 15 is 0 Å². The third-order valence-corrected chi connectivity index (χ3v) is 4.22. The molecule has 0 fully saturated rings. The molecule has 1 atom stereocenters. The van der Waals surface area contributed by atoms with Gasteiger partial charge < -0.3 is 10.1 Å². The summed E-state index contributed by atoms with van der Waals surface area (Å²) in [4.78, 5) is 12.0. The largest absolute Gasteiger partial charge is 0.444 e. The maximum atomic E-state index is 12.0. The van der Waals surface area contributed by atoms with Crippen LogP contribution in [-0.2, 0) is 11.2 Å². The van der Waals surface area contributed by atoms with E-state index in [-0.39, 0.29) is 12.1 Å². The van der Waals surface area contributed by atoms with Gasteiger partial charge in [-0.3, -0.25) is 0 Å². The highest BCUT2D eigenvalue weighted by atomic mass is 32.2. The van der Waals surface area contributed by atoms with E-state index in [1.165, 1.54) is 18.4 Å². The summed E-state index contributed by atoms with van der Waals surface area (Å²) in [7, 11) is 0. The van der Waals surface area contributed by atoms with Crippen LogP contribution in [-0.4, -0.2) is 29.2 Å². The minimum atomic E-state index is -0.462. The Morgan fingerprint density at radius 3 is 2.55 bits per heavy atom. The summed E-state index contributed by atoms with van der Waals surface area (Å²) in [6, 6.07) is 10.4. The van der Waals surface area contributed by atoms with Crippen LogP contribution in [0.2, 0.25) is 0 Å². The van der Waals surface area contributed by atoms with Crippen LogP contribution in [0.25, 0.3) is 0 Å². The van der Waals surface area contributed by atoms with Gasteiger partial charge in [0.15, 0.2) is 0 Å². The van der Waals surface area contributed by atoms with Gasteiger partial charge in [-0.25, -0.2) is 4.79 Å². The van der Waals surface area contributed by atoms with E-state index in [9.17, 15) is 4.79 Å². The van der Waals surface area contributed by atoms with Crippen molar-refractivity contribution in [2.24, 2.45) is 0 Å². The number of amides is 1. The van der Waals surface area contributed by atoms with Gasteiger partial charge in [-0.15, -0.1) is 0 Å². The minimum absolute atomic E-state index is 0.0964. The zero-order valence-electron chi connectivity index (χ0n) is 14.2. The van der Waals surface area contributed by atoms with Gasteiger partial charge in [-0.1, -0.05) is 43.7 Å². The van der Waals surface area contributed by atoms with Crippen molar-refractivity contribution < 1.29 is 9.53 Å². The van der Waals surface area contributed by atoms with Crippen LogP contribution in [0.5, 0.6) is 0 Å². The van der Waals surface area contributed by atoms with Crippen LogP contribution in [0.15, 0.2) is 30.3 Å².